The summed E-state index contributed by atoms with van der Waals surface area (Å²) in [7, 11) is 1.61. The Morgan fingerprint density at radius 2 is 2.28 bits per heavy atom. The molecule has 1 aromatic rings. The molecule has 0 aromatic heterocycles. The first-order chi connectivity index (χ1) is 8.68. The van der Waals surface area contributed by atoms with Crippen LogP contribution in [0.5, 0.6) is 5.75 Å². The molecule has 0 aliphatic carbocycles. The van der Waals surface area contributed by atoms with Gasteiger partial charge in [-0.25, -0.2) is 0 Å². The highest BCUT2D eigenvalue weighted by Gasteiger charge is 2.38. The van der Waals surface area contributed by atoms with Crippen LogP contribution in [0.1, 0.15) is 12.8 Å². The van der Waals surface area contributed by atoms with E-state index in [1.165, 1.54) is 0 Å². The molecular weight excluding hydrogens is 230 g/mol. The first kappa shape index (κ1) is 12.7. The predicted octanol–water partition coefficient (Wildman–Crippen LogP) is 0.715. The molecule has 0 saturated carbocycles. The summed E-state index contributed by atoms with van der Waals surface area (Å²) in [6, 6.07) is 7.53. The van der Waals surface area contributed by atoms with Gasteiger partial charge < -0.3 is 21.1 Å². The van der Waals surface area contributed by atoms with Gasteiger partial charge in [-0.2, -0.15) is 0 Å². The Hall–Kier alpha value is -1.75. The highest BCUT2D eigenvalue weighted by molar-refractivity contribution is 5.89. The third kappa shape index (κ3) is 2.41. The van der Waals surface area contributed by atoms with Crippen molar-refractivity contribution in [2.24, 2.45) is 5.73 Å². The molecule has 1 amide bonds. The Morgan fingerprint density at radius 1 is 1.50 bits per heavy atom. The number of ether oxygens (including phenoxy) is 1. The first-order valence-corrected chi connectivity index (χ1v) is 6.10. The van der Waals surface area contributed by atoms with E-state index in [1.54, 1.807) is 7.11 Å². The van der Waals surface area contributed by atoms with Crippen molar-refractivity contribution >= 4 is 11.6 Å². The molecule has 1 aliphatic heterocycles. The summed E-state index contributed by atoms with van der Waals surface area (Å²) < 4.78 is 5.28. The average Bonchev–Trinajstić information content (AvgIpc) is 2.40. The van der Waals surface area contributed by atoms with E-state index in [9.17, 15) is 4.79 Å². The van der Waals surface area contributed by atoms with Crippen molar-refractivity contribution in [1.29, 1.82) is 0 Å². The van der Waals surface area contributed by atoms with Crippen LogP contribution < -0.4 is 21.1 Å². The van der Waals surface area contributed by atoms with Gasteiger partial charge in [0.15, 0.2) is 0 Å². The first-order valence-electron chi connectivity index (χ1n) is 6.10. The van der Waals surface area contributed by atoms with Crippen molar-refractivity contribution in [2.75, 3.05) is 25.5 Å². The molecule has 5 nitrogen and oxygen atoms in total. The second kappa shape index (κ2) is 5.27. The van der Waals surface area contributed by atoms with Crippen LogP contribution in [-0.4, -0.2) is 31.6 Å². The second-order valence-corrected chi connectivity index (χ2v) is 4.55. The number of carbonyl (C=O) groups is 1. The van der Waals surface area contributed by atoms with Crippen LogP contribution in [0.15, 0.2) is 24.3 Å². The second-order valence-electron chi connectivity index (χ2n) is 4.55. The van der Waals surface area contributed by atoms with Crippen LogP contribution in [0.25, 0.3) is 0 Å². The molecule has 5 heteroatoms. The fourth-order valence-corrected chi connectivity index (χ4v) is 2.29. The molecule has 1 saturated heterocycles. The molecule has 1 unspecified atom stereocenters. The number of benzene rings is 1. The molecule has 4 N–H and O–H groups in total. The van der Waals surface area contributed by atoms with Crippen LogP contribution in [0.3, 0.4) is 0 Å². The molecule has 18 heavy (non-hydrogen) atoms. The Labute approximate surface area is 107 Å². The quantitative estimate of drug-likeness (QED) is 0.734. The summed E-state index contributed by atoms with van der Waals surface area (Å²) in [5.74, 6) is 0.379. The minimum absolute atomic E-state index is 0.333. The van der Waals surface area contributed by atoms with Crippen LogP contribution in [0.4, 0.5) is 5.69 Å². The van der Waals surface area contributed by atoms with Crippen molar-refractivity contribution in [3.05, 3.63) is 24.3 Å². The number of piperidine rings is 1. The third-order valence-corrected chi connectivity index (χ3v) is 3.34. The molecule has 1 fully saturated rings. The van der Waals surface area contributed by atoms with Gasteiger partial charge >= 0.3 is 0 Å². The van der Waals surface area contributed by atoms with Gasteiger partial charge in [-0.1, -0.05) is 12.1 Å². The molecule has 1 atom stereocenters. The van der Waals surface area contributed by atoms with Gasteiger partial charge in [0, 0.05) is 6.54 Å². The van der Waals surface area contributed by atoms with Gasteiger partial charge in [0.2, 0.25) is 5.91 Å². The normalized spacial score (nSPS) is 23.4. The number of methoxy groups -OCH3 is 1. The van der Waals surface area contributed by atoms with Crippen molar-refractivity contribution in [3.63, 3.8) is 0 Å². The van der Waals surface area contributed by atoms with Gasteiger partial charge in [0.1, 0.15) is 11.3 Å². The van der Waals surface area contributed by atoms with Crippen LogP contribution in [-0.2, 0) is 4.79 Å². The molecule has 0 spiro atoms. The van der Waals surface area contributed by atoms with Gasteiger partial charge in [-0.3, -0.25) is 4.79 Å². The monoisotopic (exact) mass is 249 g/mol. The minimum atomic E-state index is -0.729. The largest absolute Gasteiger partial charge is 0.495 e. The number of hydrogen-bond donors (Lipinski definition) is 3. The Balaban J connectivity index is 2.26. The van der Waals surface area contributed by atoms with E-state index >= 15 is 0 Å². The third-order valence-electron chi connectivity index (χ3n) is 3.34. The van der Waals surface area contributed by atoms with Crippen LogP contribution >= 0.6 is 0 Å². The number of nitrogens with one attached hydrogen (secondary N) is 2. The maximum absolute atomic E-state index is 11.8. The molecular formula is C13H19N3O2. The lowest BCUT2D eigenvalue weighted by atomic mass is 9.89. The van der Waals surface area contributed by atoms with E-state index in [1.807, 2.05) is 24.3 Å². The smallest absolute Gasteiger partial charge is 0.244 e. The lowest BCUT2D eigenvalue weighted by Gasteiger charge is -2.36. The Morgan fingerprint density at radius 3 is 2.89 bits per heavy atom. The van der Waals surface area contributed by atoms with Crippen molar-refractivity contribution in [2.45, 2.75) is 18.4 Å². The van der Waals surface area contributed by atoms with E-state index in [0.29, 0.717) is 12.3 Å². The number of rotatable bonds is 4. The maximum atomic E-state index is 11.8. The summed E-state index contributed by atoms with van der Waals surface area (Å²) in [5.41, 5.74) is 5.62. The lowest BCUT2D eigenvalue weighted by Crippen LogP contribution is -2.59. The van der Waals surface area contributed by atoms with E-state index in [-0.39, 0.29) is 5.91 Å². The number of anilines is 1. The van der Waals surface area contributed by atoms with Gasteiger partial charge in [0.25, 0.3) is 0 Å². The maximum Gasteiger partial charge on any atom is 0.244 e. The molecule has 98 valence electrons. The van der Waals surface area contributed by atoms with Crippen LogP contribution in [0.2, 0.25) is 0 Å². The zero-order valence-electron chi connectivity index (χ0n) is 10.5. The number of para-hydroxylation sites is 2. The molecule has 0 bridgehead atoms. The molecule has 0 radical (unpaired) electrons. The molecule has 1 aromatic carbocycles. The highest BCUT2D eigenvalue weighted by atomic mass is 16.5. The predicted molar refractivity (Wildman–Crippen MR) is 70.6 cm³/mol. The summed E-state index contributed by atoms with van der Waals surface area (Å²) >= 11 is 0. The van der Waals surface area contributed by atoms with E-state index < -0.39 is 5.54 Å². The summed E-state index contributed by atoms with van der Waals surface area (Å²) in [4.78, 5) is 11.8. The zero-order valence-corrected chi connectivity index (χ0v) is 10.5. The Bertz CT molecular complexity index is 428. The summed E-state index contributed by atoms with van der Waals surface area (Å²) in [6.07, 6.45) is 1.65. The number of primary amides is 1. The summed E-state index contributed by atoms with van der Waals surface area (Å²) in [6.45, 7) is 1.46. The molecule has 2 rings (SSSR count). The van der Waals surface area contributed by atoms with Gasteiger partial charge in [0.05, 0.1) is 12.8 Å². The number of hydrogen-bond acceptors (Lipinski definition) is 4. The Kier molecular flexibility index (Phi) is 3.72. The lowest BCUT2D eigenvalue weighted by molar-refractivity contribution is -0.122. The van der Waals surface area contributed by atoms with E-state index in [0.717, 1.165) is 25.1 Å². The van der Waals surface area contributed by atoms with Gasteiger partial charge in [-0.05, 0) is 31.5 Å². The number of carbonyl (C=O) groups excluding carboxylic acids is 1. The molecule has 1 aliphatic rings. The number of amides is 1. The SMILES string of the molecule is COc1ccccc1NC1(C(N)=O)CCCNC1. The van der Waals surface area contributed by atoms with Gasteiger partial charge in [-0.15, -0.1) is 0 Å². The van der Waals surface area contributed by atoms with Crippen molar-refractivity contribution in [3.8, 4) is 5.75 Å². The van der Waals surface area contributed by atoms with E-state index in [4.69, 9.17) is 10.5 Å². The van der Waals surface area contributed by atoms with E-state index in [2.05, 4.69) is 10.6 Å². The van der Waals surface area contributed by atoms with Crippen molar-refractivity contribution < 1.29 is 9.53 Å². The fraction of sp³-hybridized carbons (Fsp3) is 0.462. The zero-order chi connectivity index (χ0) is 13.0. The topological polar surface area (TPSA) is 76.4 Å². The summed E-state index contributed by atoms with van der Waals surface area (Å²) in [5, 5.41) is 6.46. The standard InChI is InChI=1S/C13H19N3O2/c1-18-11-6-3-2-5-10(11)16-13(12(14)17)7-4-8-15-9-13/h2-3,5-6,15-16H,4,7-9H2,1H3,(H2,14,17). The molecule has 1 heterocycles. The highest BCUT2D eigenvalue weighted by Crippen LogP contribution is 2.29. The fourth-order valence-electron chi connectivity index (χ4n) is 2.29. The minimum Gasteiger partial charge on any atom is -0.495 e. The van der Waals surface area contributed by atoms with Crippen LogP contribution in [0, 0.1) is 0 Å². The number of nitrogens with two attached hydrogens (primary N) is 1. The average molecular weight is 249 g/mol. The van der Waals surface area contributed by atoms with Crippen molar-refractivity contribution in [1.82, 2.24) is 5.32 Å².